The third kappa shape index (κ3) is 2.73. The van der Waals surface area contributed by atoms with Crippen molar-refractivity contribution in [1.29, 1.82) is 0 Å². The fourth-order valence-electron chi connectivity index (χ4n) is 1.84. The van der Waals surface area contributed by atoms with Crippen LogP contribution in [0.15, 0.2) is 22.6 Å². The molecule has 0 amide bonds. The minimum Gasteiger partial charge on any atom is -0.423 e. The number of rotatable bonds is 6. The van der Waals surface area contributed by atoms with Gasteiger partial charge in [0.1, 0.15) is 5.52 Å². The number of nitrogen functional groups attached to an aromatic ring is 1. The highest BCUT2D eigenvalue weighted by molar-refractivity contribution is 5.78. The maximum absolute atomic E-state index is 9.09. The van der Waals surface area contributed by atoms with E-state index in [1.165, 1.54) is 0 Å². The van der Waals surface area contributed by atoms with E-state index in [0.717, 1.165) is 24.9 Å². The number of nitrogens with two attached hydrogens (primary N) is 1. The van der Waals surface area contributed by atoms with Crippen LogP contribution < -0.4 is 10.6 Å². The van der Waals surface area contributed by atoms with Crippen LogP contribution in [0.5, 0.6) is 0 Å². The van der Waals surface area contributed by atoms with Crippen LogP contribution in [0.3, 0.4) is 0 Å². The van der Waals surface area contributed by atoms with E-state index < -0.39 is 0 Å². The van der Waals surface area contributed by atoms with Crippen molar-refractivity contribution in [3.8, 4) is 0 Å². The van der Waals surface area contributed by atoms with Gasteiger partial charge in [-0.3, -0.25) is 0 Å². The van der Waals surface area contributed by atoms with Gasteiger partial charge in [0.25, 0.3) is 6.01 Å². The zero-order chi connectivity index (χ0) is 13.0. The number of unbranched alkanes of at least 4 members (excludes halogenated alkanes) is 1. The Bertz CT molecular complexity index is 510. The molecule has 5 nitrogen and oxygen atoms in total. The normalized spacial score (nSPS) is 11.0. The van der Waals surface area contributed by atoms with Gasteiger partial charge in [0, 0.05) is 24.8 Å². The van der Waals surface area contributed by atoms with E-state index in [2.05, 4.69) is 11.9 Å². The molecule has 0 spiro atoms. The second-order valence-electron chi connectivity index (χ2n) is 4.29. The molecule has 0 aliphatic rings. The largest absolute Gasteiger partial charge is 0.423 e. The van der Waals surface area contributed by atoms with Crippen molar-refractivity contribution in [3.05, 3.63) is 18.2 Å². The SMILES string of the molecule is CCCCN(CCO)c1nc2ccc(N)cc2o1. The van der Waals surface area contributed by atoms with Gasteiger partial charge in [-0.05, 0) is 18.6 Å². The molecule has 3 N–H and O–H groups in total. The average Bonchev–Trinajstić information content (AvgIpc) is 2.77. The first-order chi connectivity index (χ1) is 8.74. The number of anilines is 2. The highest BCUT2D eigenvalue weighted by Gasteiger charge is 2.13. The van der Waals surface area contributed by atoms with Gasteiger partial charge in [-0.2, -0.15) is 4.98 Å². The molecule has 2 rings (SSSR count). The number of hydrogen-bond acceptors (Lipinski definition) is 5. The molecule has 1 aromatic carbocycles. The fourth-order valence-corrected chi connectivity index (χ4v) is 1.84. The van der Waals surface area contributed by atoms with Gasteiger partial charge in [0.05, 0.1) is 6.61 Å². The Balaban J connectivity index is 2.26. The summed E-state index contributed by atoms with van der Waals surface area (Å²) in [4.78, 5) is 6.38. The fraction of sp³-hybridized carbons (Fsp3) is 0.462. The van der Waals surface area contributed by atoms with Gasteiger partial charge in [-0.1, -0.05) is 13.3 Å². The lowest BCUT2D eigenvalue weighted by Crippen LogP contribution is -2.27. The summed E-state index contributed by atoms with van der Waals surface area (Å²) >= 11 is 0. The van der Waals surface area contributed by atoms with Gasteiger partial charge in [0.15, 0.2) is 5.58 Å². The van der Waals surface area contributed by atoms with Gasteiger partial charge in [-0.25, -0.2) is 0 Å². The van der Waals surface area contributed by atoms with E-state index in [9.17, 15) is 0 Å². The molecule has 2 aromatic rings. The van der Waals surface area contributed by atoms with E-state index >= 15 is 0 Å². The van der Waals surface area contributed by atoms with Crippen molar-refractivity contribution in [2.24, 2.45) is 0 Å². The molecular weight excluding hydrogens is 230 g/mol. The molecule has 0 bridgehead atoms. The summed E-state index contributed by atoms with van der Waals surface area (Å²) in [5.74, 6) is 0. The van der Waals surface area contributed by atoms with Gasteiger partial charge >= 0.3 is 0 Å². The van der Waals surface area contributed by atoms with E-state index in [0.29, 0.717) is 23.8 Å². The summed E-state index contributed by atoms with van der Waals surface area (Å²) in [7, 11) is 0. The zero-order valence-corrected chi connectivity index (χ0v) is 10.6. The molecule has 0 fully saturated rings. The summed E-state index contributed by atoms with van der Waals surface area (Å²) in [5, 5.41) is 9.09. The molecule has 18 heavy (non-hydrogen) atoms. The van der Waals surface area contributed by atoms with Crippen LogP contribution in [0.2, 0.25) is 0 Å². The number of oxazole rings is 1. The molecule has 98 valence electrons. The number of fused-ring (bicyclic) bond motifs is 1. The number of hydrogen-bond donors (Lipinski definition) is 2. The third-order valence-corrected chi connectivity index (χ3v) is 2.82. The minimum absolute atomic E-state index is 0.0879. The predicted octanol–water partition coefficient (Wildman–Crippen LogP) is 2.01. The molecule has 1 heterocycles. The van der Waals surface area contributed by atoms with E-state index in [1.807, 2.05) is 11.0 Å². The van der Waals surface area contributed by atoms with Crippen LogP contribution in [0, 0.1) is 0 Å². The van der Waals surface area contributed by atoms with Crippen LogP contribution in [-0.4, -0.2) is 29.8 Å². The van der Waals surface area contributed by atoms with Crippen molar-refractivity contribution >= 4 is 22.8 Å². The lowest BCUT2D eigenvalue weighted by Gasteiger charge is -2.18. The van der Waals surface area contributed by atoms with Crippen molar-refractivity contribution in [2.45, 2.75) is 19.8 Å². The molecule has 0 saturated carbocycles. The summed E-state index contributed by atoms with van der Waals surface area (Å²) in [6.07, 6.45) is 2.13. The Morgan fingerprint density at radius 2 is 2.22 bits per heavy atom. The summed E-state index contributed by atoms with van der Waals surface area (Å²) in [6, 6.07) is 5.96. The lowest BCUT2D eigenvalue weighted by molar-refractivity contribution is 0.298. The summed E-state index contributed by atoms with van der Waals surface area (Å²) < 4.78 is 5.68. The van der Waals surface area contributed by atoms with E-state index in [-0.39, 0.29) is 6.61 Å². The second-order valence-corrected chi connectivity index (χ2v) is 4.29. The maximum Gasteiger partial charge on any atom is 0.298 e. The monoisotopic (exact) mass is 249 g/mol. The van der Waals surface area contributed by atoms with Crippen LogP contribution in [0.25, 0.3) is 11.1 Å². The van der Waals surface area contributed by atoms with Crippen molar-refractivity contribution < 1.29 is 9.52 Å². The highest BCUT2D eigenvalue weighted by atomic mass is 16.4. The molecule has 0 aliphatic carbocycles. The van der Waals surface area contributed by atoms with Gasteiger partial charge in [-0.15, -0.1) is 0 Å². The molecule has 0 saturated heterocycles. The number of aliphatic hydroxyl groups excluding tert-OH is 1. The summed E-state index contributed by atoms with van der Waals surface area (Å²) in [5.41, 5.74) is 7.84. The Hall–Kier alpha value is -1.75. The van der Waals surface area contributed by atoms with Crippen molar-refractivity contribution in [2.75, 3.05) is 30.3 Å². The van der Waals surface area contributed by atoms with Gasteiger partial charge in [0.2, 0.25) is 0 Å². The number of aliphatic hydroxyl groups is 1. The third-order valence-electron chi connectivity index (χ3n) is 2.82. The Morgan fingerprint density at radius 1 is 1.39 bits per heavy atom. The minimum atomic E-state index is 0.0879. The lowest BCUT2D eigenvalue weighted by atomic mass is 10.3. The van der Waals surface area contributed by atoms with Crippen LogP contribution in [-0.2, 0) is 0 Å². The molecule has 0 unspecified atom stereocenters. The molecule has 0 atom stereocenters. The first-order valence-corrected chi connectivity index (χ1v) is 6.26. The van der Waals surface area contributed by atoms with Gasteiger partial charge < -0.3 is 20.2 Å². The standard InChI is InChI=1S/C13H19N3O2/c1-2-3-6-16(7-8-17)13-15-11-5-4-10(14)9-12(11)18-13/h4-5,9,17H,2-3,6-8,14H2,1H3. The Labute approximate surface area is 106 Å². The van der Waals surface area contributed by atoms with Crippen LogP contribution in [0.4, 0.5) is 11.7 Å². The van der Waals surface area contributed by atoms with Crippen LogP contribution in [0.1, 0.15) is 19.8 Å². The maximum atomic E-state index is 9.09. The zero-order valence-electron chi connectivity index (χ0n) is 10.6. The number of nitrogens with zero attached hydrogens (tertiary/aromatic N) is 2. The molecule has 0 aliphatic heterocycles. The quantitative estimate of drug-likeness (QED) is 0.766. The average molecular weight is 249 g/mol. The Kier molecular flexibility index (Phi) is 4.04. The Morgan fingerprint density at radius 3 is 2.94 bits per heavy atom. The first kappa shape index (κ1) is 12.7. The second kappa shape index (κ2) is 5.73. The highest BCUT2D eigenvalue weighted by Crippen LogP contribution is 2.23. The first-order valence-electron chi connectivity index (χ1n) is 6.26. The molecular formula is C13H19N3O2. The van der Waals surface area contributed by atoms with Crippen molar-refractivity contribution in [3.63, 3.8) is 0 Å². The number of benzene rings is 1. The number of aromatic nitrogens is 1. The molecule has 5 heteroatoms. The topological polar surface area (TPSA) is 75.5 Å². The summed E-state index contributed by atoms with van der Waals surface area (Å²) in [6.45, 7) is 3.58. The van der Waals surface area contributed by atoms with Crippen molar-refractivity contribution in [1.82, 2.24) is 4.98 Å². The van der Waals surface area contributed by atoms with E-state index in [4.69, 9.17) is 15.3 Å². The molecule has 0 radical (unpaired) electrons. The predicted molar refractivity (Wildman–Crippen MR) is 72.6 cm³/mol. The van der Waals surface area contributed by atoms with Crippen LogP contribution >= 0.6 is 0 Å². The van der Waals surface area contributed by atoms with E-state index in [1.54, 1.807) is 12.1 Å². The smallest absolute Gasteiger partial charge is 0.298 e. The molecule has 1 aromatic heterocycles.